The van der Waals surface area contributed by atoms with Gasteiger partial charge in [-0.25, -0.2) is 0 Å². The van der Waals surface area contributed by atoms with E-state index in [1.807, 2.05) is 18.2 Å². The Morgan fingerprint density at radius 1 is 0.694 bits per heavy atom. The first-order chi connectivity index (χ1) is 17.5. The van der Waals surface area contributed by atoms with Crippen molar-refractivity contribution in [2.75, 3.05) is 7.11 Å². The Balaban J connectivity index is 1.80. The third kappa shape index (κ3) is 4.15. The lowest BCUT2D eigenvalue weighted by molar-refractivity contribution is -0.665. The summed E-state index contributed by atoms with van der Waals surface area (Å²) in [7, 11) is 3.66. The number of hydrogen-bond donors (Lipinski definition) is 2. The van der Waals surface area contributed by atoms with Gasteiger partial charge in [0, 0.05) is 24.1 Å². The average Bonchev–Trinajstić information content (AvgIpc) is 2.94. The van der Waals surface area contributed by atoms with Gasteiger partial charge in [-0.2, -0.15) is 4.57 Å². The van der Waals surface area contributed by atoms with Crippen molar-refractivity contribution in [3.8, 4) is 39.3 Å². The zero-order valence-corrected chi connectivity index (χ0v) is 20.8. The van der Waals surface area contributed by atoms with Crippen molar-refractivity contribution >= 4 is 10.8 Å². The topological polar surface area (TPSA) is 53.6 Å². The van der Waals surface area contributed by atoms with Crippen LogP contribution in [0.25, 0.3) is 44.3 Å². The van der Waals surface area contributed by atoms with Crippen molar-refractivity contribution in [2.45, 2.75) is 20.1 Å². The molecule has 4 heteroatoms. The standard InChI is InChI=1S/C32H30NO3/c1-21-31-27(17-28(19-34)29(20-35)32(31)36-3)18-30(33(21)2)26-15-24(22-10-6-4-7-11-22)14-25(16-26)23-12-8-5-9-13-23/h4-18,34-35H,19-20H2,1-3H3/q+1. The number of benzene rings is 4. The summed E-state index contributed by atoms with van der Waals surface area (Å²) in [6.07, 6.45) is 0. The maximum Gasteiger partial charge on any atom is 0.213 e. The third-order valence-electron chi connectivity index (χ3n) is 7.00. The van der Waals surface area contributed by atoms with Crippen LogP contribution in [0.4, 0.5) is 0 Å². The van der Waals surface area contributed by atoms with Crippen LogP contribution in [0, 0.1) is 6.92 Å². The molecular weight excluding hydrogens is 446 g/mol. The van der Waals surface area contributed by atoms with E-state index in [-0.39, 0.29) is 13.2 Å². The quantitative estimate of drug-likeness (QED) is 0.297. The minimum absolute atomic E-state index is 0.167. The van der Waals surface area contributed by atoms with Crippen LogP contribution in [0.5, 0.6) is 5.75 Å². The predicted molar refractivity (Wildman–Crippen MR) is 145 cm³/mol. The number of ether oxygens (including phenoxy) is 1. The van der Waals surface area contributed by atoms with E-state index in [1.165, 1.54) is 0 Å². The van der Waals surface area contributed by atoms with E-state index in [4.69, 9.17) is 4.74 Å². The Bertz CT molecular complexity index is 1490. The molecule has 0 spiro atoms. The molecule has 5 aromatic rings. The second-order valence-electron chi connectivity index (χ2n) is 9.03. The Morgan fingerprint density at radius 2 is 1.25 bits per heavy atom. The van der Waals surface area contributed by atoms with Crippen LogP contribution in [0.3, 0.4) is 0 Å². The third-order valence-corrected chi connectivity index (χ3v) is 7.00. The molecule has 0 aliphatic heterocycles. The summed E-state index contributed by atoms with van der Waals surface area (Å²) in [5, 5.41) is 21.9. The van der Waals surface area contributed by atoms with E-state index in [1.54, 1.807) is 7.11 Å². The Labute approximate surface area is 211 Å². The van der Waals surface area contributed by atoms with Gasteiger partial charge in [0.15, 0.2) is 5.69 Å². The van der Waals surface area contributed by atoms with Gasteiger partial charge in [0.2, 0.25) is 5.69 Å². The van der Waals surface area contributed by atoms with Gasteiger partial charge in [0.05, 0.1) is 25.7 Å². The van der Waals surface area contributed by atoms with Gasteiger partial charge in [0.1, 0.15) is 12.8 Å². The lowest BCUT2D eigenvalue weighted by Gasteiger charge is -2.16. The highest BCUT2D eigenvalue weighted by Gasteiger charge is 2.23. The van der Waals surface area contributed by atoms with Crippen molar-refractivity contribution in [1.82, 2.24) is 0 Å². The molecule has 4 aromatic carbocycles. The molecular formula is C32H30NO3+. The fourth-order valence-electron chi connectivity index (χ4n) is 5.04. The smallest absolute Gasteiger partial charge is 0.213 e. The summed E-state index contributed by atoms with van der Waals surface area (Å²) in [4.78, 5) is 0. The van der Waals surface area contributed by atoms with Gasteiger partial charge < -0.3 is 14.9 Å². The minimum atomic E-state index is -0.195. The molecule has 0 bridgehead atoms. The van der Waals surface area contributed by atoms with E-state index >= 15 is 0 Å². The van der Waals surface area contributed by atoms with Crippen LogP contribution >= 0.6 is 0 Å². The van der Waals surface area contributed by atoms with Crippen molar-refractivity contribution in [1.29, 1.82) is 0 Å². The molecule has 0 atom stereocenters. The number of aromatic nitrogens is 1. The number of nitrogens with zero attached hydrogens (tertiary/aromatic N) is 1. The predicted octanol–water partition coefficient (Wildman–Crippen LogP) is 5.97. The molecule has 0 amide bonds. The summed E-state index contributed by atoms with van der Waals surface area (Å²) in [5.41, 5.74) is 9.08. The maximum absolute atomic E-state index is 9.99. The molecule has 0 aliphatic carbocycles. The summed E-state index contributed by atoms with van der Waals surface area (Å²) in [5.74, 6) is 0.613. The molecule has 1 aromatic heterocycles. The molecule has 2 N–H and O–H groups in total. The summed E-state index contributed by atoms with van der Waals surface area (Å²) >= 11 is 0. The zero-order chi connectivity index (χ0) is 25.2. The normalized spacial score (nSPS) is 11.1. The number of aryl methyl sites for hydroxylation is 1. The van der Waals surface area contributed by atoms with Crippen molar-refractivity contribution in [3.63, 3.8) is 0 Å². The highest BCUT2D eigenvalue weighted by atomic mass is 16.5. The molecule has 36 heavy (non-hydrogen) atoms. The first-order valence-corrected chi connectivity index (χ1v) is 12.1. The lowest BCUT2D eigenvalue weighted by atomic mass is 9.93. The van der Waals surface area contributed by atoms with E-state index in [2.05, 4.69) is 91.3 Å². The highest BCUT2D eigenvalue weighted by molar-refractivity contribution is 5.94. The molecule has 4 nitrogen and oxygen atoms in total. The van der Waals surface area contributed by atoms with Crippen molar-refractivity contribution in [3.05, 3.63) is 108 Å². The van der Waals surface area contributed by atoms with Gasteiger partial charge in [-0.1, -0.05) is 60.7 Å². The van der Waals surface area contributed by atoms with Crippen molar-refractivity contribution < 1.29 is 19.5 Å². The number of methoxy groups -OCH3 is 1. The number of fused-ring (bicyclic) bond motifs is 1. The fraction of sp³-hybridized carbons (Fsp3) is 0.156. The minimum Gasteiger partial charge on any atom is -0.495 e. The second-order valence-corrected chi connectivity index (χ2v) is 9.03. The van der Waals surface area contributed by atoms with Crippen LogP contribution in [-0.4, -0.2) is 17.3 Å². The largest absolute Gasteiger partial charge is 0.495 e. The summed E-state index contributed by atoms with van der Waals surface area (Å²) < 4.78 is 7.91. The molecule has 0 saturated heterocycles. The molecule has 0 saturated carbocycles. The van der Waals surface area contributed by atoms with Crippen LogP contribution in [0.15, 0.2) is 91.0 Å². The van der Waals surface area contributed by atoms with Crippen LogP contribution < -0.4 is 9.30 Å². The Kier molecular flexibility index (Phi) is 6.55. The number of rotatable bonds is 6. The average molecular weight is 477 g/mol. The Hall–Kier alpha value is -3.99. The fourth-order valence-corrected chi connectivity index (χ4v) is 5.04. The second kappa shape index (κ2) is 9.94. The number of pyridine rings is 1. The van der Waals surface area contributed by atoms with E-state index in [0.717, 1.165) is 50.0 Å². The van der Waals surface area contributed by atoms with Gasteiger partial charge >= 0.3 is 0 Å². The lowest BCUT2D eigenvalue weighted by Crippen LogP contribution is -2.35. The van der Waals surface area contributed by atoms with E-state index in [9.17, 15) is 10.2 Å². The monoisotopic (exact) mass is 476 g/mol. The number of aliphatic hydroxyl groups is 2. The van der Waals surface area contributed by atoms with Gasteiger partial charge in [-0.3, -0.25) is 0 Å². The molecule has 0 aliphatic rings. The molecule has 5 rings (SSSR count). The van der Waals surface area contributed by atoms with Crippen LogP contribution in [-0.2, 0) is 20.3 Å². The first-order valence-electron chi connectivity index (χ1n) is 12.1. The van der Waals surface area contributed by atoms with Crippen LogP contribution in [0.1, 0.15) is 16.8 Å². The zero-order valence-electron chi connectivity index (χ0n) is 20.8. The molecule has 180 valence electrons. The first kappa shape index (κ1) is 23.7. The number of aliphatic hydroxyl groups excluding tert-OH is 2. The summed E-state index contributed by atoms with van der Waals surface area (Å²) in [6.45, 7) is 1.70. The van der Waals surface area contributed by atoms with Crippen molar-refractivity contribution in [2.24, 2.45) is 7.05 Å². The summed E-state index contributed by atoms with van der Waals surface area (Å²) in [6, 6.07) is 31.6. The molecule has 0 unspecified atom stereocenters. The van der Waals surface area contributed by atoms with Crippen LogP contribution in [0.2, 0.25) is 0 Å². The Morgan fingerprint density at radius 3 is 1.75 bits per heavy atom. The van der Waals surface area contributed by atoms with Gasteiger partial charge in [0.25, 0.3) is 0 Å². The number of hydrogen-bond acceptors (Lipinski definition) is 3. The van der Waals surface area contributed by atoms with Gasteiger partial charge in [-0.15, -0.1) is 0 Å². The molecule has 0 fully saturated rings. The molecule has 1 heterocycles. The highest BCUT2D eigenvalue weighted by Crippen LogP contribution is 2.37. The van der Waals surface area contributed by atoms with E-state index in [0.29, 0.717) is 16.9 Å². The van der Waals surface area contributed by atoms with E-state index < -0.39 is 0 Å². The SMILES string of the molecule is COc1c(CO)c(CO)cc2cc(-c3cc(-c4ccccc4)cc(-c4ccccc4)c3)[n+](C)c(C)c12. The van der Waals surface area contributed by atoms with Gasteiger partial charge in [-0.05, 0) is 57.5 Å². The molecule has 0 radical (unpaired) electrons. The maximum atomic E-state index is 9.99.